The average Bonchev–Trinajstić information content (AvgIpc) is 2.25. The SMILES string of the molecule is CCCOC1COC(OCCC)CN1. The van der Waals surface area contributed by atoms with E-state index in [9.17, 15) is 0 Å². The lowest BCUT2D eigenvalue weighted by atomic mass is 10.4. The summed E-state index contributed by atoms with van der Waals surface area (Å²) >= 11 is 0. The summed E-state index contributed by atoms with van der Waals surface area (Å²) in [5.41, 5.74) is 0. The Bertz CT molecular complexity index is 119. The molecule has 14 heavy (non-hydrogen) atoms. The minimum atomic E-state index is -0.101. The molecular formula is C10H21NO3. The molecule has 1 heterocycles. The number of hydrogen-bond acceptors (Lipinski definition) is 4. The van der Waals surface area contributed by atoms with Crippen LogP contribution in [0.15, 0.2) is 0 Å². The normalized spacial score (nSPS) is 27.9. The van der Waals surface area contributed by atoms with Gasteiger partial charge in [0, 0.05) is 19.8 Å². The summed E-state index contributed by atoms with van der Waals surface area (Å²) in [6.45, 7) is 7.01. The van der Waals surface area contributed by atoms with E-state index in [0.717, 1.165) is 26.1 Å². The van der Waals surface area contributed by atoms with E-state index in [1.807, 2.05) is 0 Å². The predicted octanol–water partition coefficient (Wildman–Crippen LogP) is 1.11. The largest absolute Gasteiger partial charge is 0.361 e. The molecule has 1 saturated heterocycles. The van der Waals surface area contributed by atoms with Gasteiger partial charge in [0.2, 0.25) is 0 Å². The standard InChI is InChI=1S/C10H21NO3/c1-3-5-12-9-8-14-10(7-11-9)13-6-4-2/h9-11H,3-8H2,1-2H3. The van der Waals surface area contributed by atoms with Crippen LogP contribution < -0.4 is 5.32 Å². The van der Waals surface area contributed by atoms with Crippen LogP contribution in [-0.4, -0.2) is 38.9 Å². The van der Waals surface area contributed by atoms with Gasteiger partial charge in [-0.2, -0.15) is 0 Å². The smallest absolute Gasteiger partial charge is 0.170 e. The summed E-state index contributed by atoms with van der Waals surface area (Å²) in [6.07, 6.45) is 2.00. The maximum Gasteiger partial charge on any atom is 0.170 e. The van der Waals surface area contributed by atoms with Crippen LogP contribution in [-0.2, 0) is 14.2 Å². The third-order valence-corrected chi connectivity index (χ3v) is 1.98. The van der Waals surface area contributed by atoms with E-state index in [1.54, 1.807) is 0 Å². The van der Waals surface area contributed by atoms with Crippen LogP contribution in [0.2, 0.25) is 0 Å². The molecule has 0 saturated carbocycles. The van der Waals surface area contributed by atoms with Gasteiger partial charge >= 0.3 is 0 Å². The first-order chi connectivity index (χ1) is 6.86. The molecule has 1 rings (SSSR count). The van der Waals surface area contributed by atoms with E-state index in [-0.39, 0.29) is 12.5 Å². The number of nitrogens with one attached hydrogen (secondary N) is 1. The van der Waals surface area contributed by atoms with Gasteiger partial charge in [-0.3, -0.25) is 5.32 Å². The van der Waals surface area contributed by atoms with Crippen LogP contribution in [0.5, 0.6) is 0 Å². The number of morpholine rings is 1. The Labute approximate surface area is 85.9 Å². The molecule has 0 aromatic rings. The van der Waals surface area contributed by atoms with Crippen LogP contribution in [0.4, 0.5) is 0 Å². The van der Waals surface area contributed by atoms with Crippen LogP contribution in [0, 0.1) is 0 Å². The fourth-order valence-electron chi connectivity index (χ4n) is 1.26. The molecule has 2 unspecified atom stereocenters. The molecule has 4 nitrogen and oxygen atoms in total. The van der Waals surface area contributed by atoms with Crippen molar-refractivity contribution in [3.8, 4) is 0 Å². The molecule has 0 radical (unpaired) electrons. The Morgan fingerprint density at radius 1 is 1.21 bits per heavy atom. The number of hydrogen-bond donors (Lipinski definition) is 1. The van der Waals surface area contributed by atoms with Gasteiger partial charge in [0.05, 0.1) is 6.61 Å². The summed E-state index contributed by atoms with van der Waals surface area (Å²) in [5, 5.41) is 3.24. The van der Waals surface area contributed by atoms with Crippen LogP contribution in [0.1, 0.15) is 26.7 Å². The highest BCUT2D eigenvalue weighted by atomic mass is 16.7. The molecule has 1 fully saturated rings. The van der Waals surface area contributed by atoms with Crippen molar-refractivity contribution in [3.63, 3.8) is 0 Å². The van der Waals surface area contributed by atoms with Crippen molar-refractivity contribution >= 4 is 0 Å². The van der Waals surface area contributed by atoms with Crippen LogP contribution >= 0.6 is 0 Å². The van der Waals surface area contributed by atoms with E-state index in [0.29, 0.717) is 13.2 Å². The monoisotopic (exact) mass is 203 g/mol. The van der Waals surface area contributed by atoms with Gasteiger partial charge in [0.25, 0.3) is 0 Å². The first kappa shape index (κ1) is 11.9. The average molecular weight is 203 g/mol. The molecule has 0 aliphatic carbocycles. The Hall–Kier alpha value is -0.160. The summed E-state index contributed by atoms with van der Waals surface area (Å²) in [7, 11) is 0. The second-order valence-corrected chi connectivity index (χ2v) is 3.40. The fraction of sp³-hybridized carbons (Fsp3) is 1.00. The Morgan fingerprint density at radius 2 is 1.93 bits per heavy atom. The summed E-state index contributed by atoms with van der Waals surface area (Å²) < 4.78 is 16.4. The van der Waals surface area contributed by atoms with Gasteiger partial charge in [0.15, 0.2) is 6.29 Å². The van der Waals surface area contributed by atoms with Gasteiger partial charge in [-0.15, -0.1) is 0 Å². The molecule has 0 aromatic heterocycles. The molecule has 2 atom stereocenters. The third kappa shape index (κ3) is 4.37. The zero-order valence-electron chi connectivity index (χ0n) is 9.12. The van der Waals surface area contributed by atoms with E-state index >= 15 is 0 Å². The number of rotatable bonds is 6. The van der Waals surface area contributed by atoms with Crippen molar-refractivity contribution < 1.29 is 14.2 Å². The minimum Gasteiger partial charge on any atom is -0.361 e. The molecule has 1 aliphatic heterocycles. The molecule has 84 valence electrons. The Kier molecular flexibility index (Phi) is 6.10. The van der Waals surface area contributed by atoms with E-state index in [4.69, 9.17) is 14.2 Å². The zero-order valence-corrected chi connectivity index (χ0v) is 9.12. The topological polar surface area (TPSA) is 39.7 Å². The molecule has 1 aliphatic rings. The first-order valence-electron chi connectivity index (χ1n) is 5.45. The lowest BCUT2D eigenvalue weighted by Crippen LogP contribution is -2.48. The minimum absolute atomic E-state index is 0.0384. The van der Waals surface area contributed by atoms with Crippen molar-refractivity contribution in [1.82, 2.24) is 5.32 Å². The van der Waals surface area contributed by atoms with E-state index in [1.165, 1.54) is 0 Å². The molecule has 0 bridgehead atoms. The van der Waals surface area contributed by atoms with Crippen molar-refractivity contribution in [2.24, 2.45) is 0 Å². The lowest BCUT2D eigenvalue weighted by molar-refractivity contribution is -0.194. The van der Waals surface area contributed by atoms with E-state index < -0.39 is 0 Å². The highest BCUT2D eigenvalue weighted by Crippen LogP contribution is 2.04. The van der Waals surface area contributed by atoms with Gasteiger partial charge in [-0.05, 0) is 12.8 Å². The van der Waals surface area contributed by atoms with Crippen LogP contribution in [0.3, 0.4) is 0 Å². The molecule has 1 N–H and O–H groups in total. The molecular weight excluding hydrogens is 182 g/mol. The third-order valence-electron chi connectivity index (χ3n) is 1.98. The van der Waals surface area contributed by atoms with Gasteiger partial charge in [-0.1, -0.05) is 13.8 Å². The Morgan fingerprint density at radius 3 is 2.50 bits per heavy atom. The van der Waals surface area contributed by atoms with Crippen LogP contribution in [0.25, 0.3) is 0 Å². The second kappa shape index (κ2) is 7.17. The second-order valence-electron chi connectivity index (χ2n) is 3.40. The fourth-order valence-corrected chi connectivity index (χ4v) is 1.26. The van der Waals surface area contributed by atoms with E-state index in [2.05, 4.69) is 19.2 Å². The zero-order chi connectivity index (χ0) is 10.2. The summed E-state index contributed by atoms with van der Waals surface area (Å²) in [6, 6.07) is 0. The quantitative estimate of drug-likeness (QED) is 0.702. The lowest BCUT2D eigenvalue weighted by Gasteiger charge is -2.29. The van der Waals surface area contributed by atoms with Crippen molar-refractivity contribution in [3.05, 3.63) is 0 Å². The highest BCUT2D eigenvalue weighted by molar-refractivity contribution is 4.64. The first-order valence-corrected chi connectivity index (χ1v) is 5.45. The molecule has 4 heteroatoms. The number of ether oxygens (including phenoxy) is 3. The predicted molar refractivity (Wildman–Crippen MR) is 54.0 cm³/mol. The van der Waals surface area contributed by atoms with Gasteiger partial charge < -0.3 is 14.2 Å². The maximum atomic E-state index is 5.49. The van der Waals surface area contributed by atoms with Gasteiger partial charge in [-0.25, -0.2) is 0 Å². The molecule has 0 spiro atoms. The summed E-state index contributed by atoms with van der Waals surface area (Å²) in [4.78, 5) is 0. The van der Waals surface area contributed by atoms with Crippen molar-refractivity contribution in [1.29, 1.82) is 0 Å². The Balaban J connectivity index is 2.05. The van der Waals surface area contributed by atoms with Crippen molar-refractivity contribution in [2.75, 3.05) is 26.4 Å². The summed E-state index contributed by atoms with van der Waals surface area (Å²) in [5.74, 6) is 0. The molecule has 0 aromatic carbocycles. The highest BCUT2D eigenvalue weighted by Gasteiger charge is 2.20. The van der Waals surface area contributed by atoms with Gasteiger partial charge in [0.1, 0.15) is 6.23 Å². The maximum absolute atomic E-state index is 5.49. The van der Waals surface area contributed by atoms with Crippen molar-refractivity contribution in [2.45, 2.75) is 39.2 Å². The molecule has 0 amide bonds.